The minimum absolute atomic E-state index is 0.399. The van der Waals surface area contributed by atoms with Crippen molar-refractivity contribution in [3.63, 3.8) is 0 Å². The molecule has 3 rings (SSSR count). The van der Waals surface area contributed by atoms with Crippen LogP contribution in [0.25, 0.3) is 0 Å². The molecule has 1 fully saturated rings. The first-order valence-electron chi connectivity index (χ1n) is 7.14. The zero-order valence-corrected chi connectivity index (χ0v) is 12.0. The molecule has 0 saturated carbocycles. The predicted octanol–water partition coefficient (Wildman–Crippen LogP) is 2.25. The first kappa shape index (κ1) is 13.2. The second-order valence-corrected chi connectivity index (χ2v) is 5.64. The van der Waals surface area contributed by atoms with Gasteiger partial charge in [-0.05, 0) is 45.0 Å². The molecule has 5 heteroatoms. The molecule has 0 spiro atoms. The van der Waals surface area contributed by atoms with Crippen LogP contribution < -0.4 is 0 Å². The molecule has 2 aromatic rings. The predicted molar refractivity (Wildman–Crippen MR) is 75.4 cm³/mol. The van der Waals surface area contributed by atoms with Crippen LogP contribution in [-0.4, -0.2) is 39.7 Å². The Labute approximate surface area is 119 Å². The summed E-state index contributed by atoms with van der Waals surface area (Å²) in [6.07, 6.45) is 6.47. The molecule has 0 N–H and O–H groups in total. The van der Waals surface area contributed by atoms with Crippen LogP contribution in [0.3, 0.4) is 0 Å². The van der Waals surface area contributed by atoms with Crippen LogP contribution in [-0.2, 0) is 6.42 Å². The number of hydrogen-bond donors (Lipinski definition) is 0. The van der Waals surface area contributed by atoms with Gasteiger partial charge in [-0.25, -0.2) is 0 Å². The Morgan fingerprint density at radius 3 is 3.10 bits per heavy atom. The third-order valence-electron chi connectivity index (χ3n) is 4.13. The number of pyridine rings is 1. The van der Waals surface area contributed by atoms with E-state index in [0.717, 1.165) is 36.7 Å². The Morgan fingerprint density at radius 2 is 2.35 bits per heavy atom. The van der Waals surface area contributed by atoms with E-state index in [2.05, 4.69) is 34.0 Å². The standard InChI is InChI=1S/C15H20N4O/c1-11-8-13(5-7-19(11)2)15-17-14(18-20-15)9-12-4-3-6-16-10-12/h3-4,6,10-11,13H,5,7-9H2,1-2H3/t11-,13-/m0/s1. The summed E-state index contributed by atoms with van der Waals surface area (Å²) in [5.74, 6) is 1.94. The first-order chi connectivity index (χ1) is 9.72. The van der Waals surface area contributed by atoms with Crippen LogP contribution in [0.5, 0.6) is 0 Å². The second kappa shape index (κ2) is 5.71. The van der Waals surface area contributed by atoms with Gasteiger partial charge in [0.1, 0.15) is 0 Å². The molecule has 0 aromatic carbocycles. The van der Waals surface area contributed by atoms with Gasteiger partial charge in [0, 0.05) is 30.8 Å². The number of likely N-dealkylation sites (tertiary alicyclic amines) is 1. The summed E-state index contributed by atoms with van der Waals surface area (Å²) >= 11 is 0. The van der Waals surface area contributed by atoms with E-state index in [1.165, 1.54) is 0 Å². The lowest BCUT2D eigenvalue weighted by Crippen LogP contribution is -2.37. The molecule has 0 aliphatic carbocycles. The summed E-state index contributed by atoms with van der Waals surface area (Å²) in [4.78, 5) is 11.0. The maximum Gasteiger partial charge on any atom is 0.229 e. The maximum absolute atomic E-state index is 5.46. The molecule has 3 heterocycles. The molecule has 0 radical (unpaired) electrons. The Morgan fingerprint density at radius 1 is 1.45 bits per heavy atom. The molecule has 2 aromatic heterocycles. The Bertz CT molecular complexity index is 554. The van der Waals surface area contributed by atoms with Crippen molar-refractivity contribution in [3.8, 4) is 0 Å². The van der Waals surface area contributed by atoms with E-state index in [9.17, 15) is 0 Å². The van der Waals surface area contributed by atoms with E-state index in [4.69, 9.17) is 4.52 Å². The largest absolute Gasteiger partial charge is 0.339 e. The third-order valence-corrected chi connectivity index (χ3v) is 4.13. The van der Waals surface area contributed by atoms with Gasteiger partial charge in [-0.3, -0.25) is 4.98 Å². The van der Waals surface area contributed by atoms with Crippen molar-refractivity contribution in [2.24, 2.45) is 0 Å². The minimum Gasteiger partial charge on any atom is -0.339 e. The highest BCUT2D eigenvalue weighted by atomic mass is 16.5. The summed E-state index contributed by atoms with van der Waals surface area (Å²) in [5.41, 5.74) is 1.11. The van der Waals surface area contributed by atoms with E-state index >= 15 is 0 Å². The van der Waals surface area contributed by atoms with Crippen LogP contribution in [0.4, 0.5) is 0 Å². The number of nitrogens with zero attached hydrogens (tertiary/aromatic N) is 4. The van der Waals surface area contributed by atoms with Crippen molar-refractivity contribution in [1.29, 1.82) is 0 Å². The lowest BCUT2D eigenvalue weighted by Gasteiger charge is -2.33. The highest BCUT2D eigenvalue weighted by Gasteiger charge is 2.27. The number of hydrogen-bond acceptors (Lipinski definition) is 5. The van der Waals surface area contributed by atoms with E-state index in [-0.39, 0.29) is 0 Å². The Balaban J connectivity index is 1.68. The van der Waals surface area contributed by atoms with Crippen LogP contribution in [0.2, 0.25) is 0 Å². The van der Waals surface area contributed by atoms with E-state index in [1.54, 1.807) is 6.20 Å². The molecule has 1 aliphatic heterocycles. The molecule has 5 nitrogen and oxygen atoms in total. The fraction of sp³-hybridized carbons (Fsp3) is 0.533. The summed E-state index contributed by atoms with van der Waals surface area (Å²) in [6, 6.07) is 4.53. The van der Waals surface area contributed by atoms with Crippen LogP contribution in [0.1, 0.15) is 43.0 Å². The molecule has 0 unspecified atom stereocenters. The van der Waals surface area contributed by atoms with Gasteiger partial charge in [0.2, 0.25) is 5.89 Å². The molecule has 0 amide bonds. The van der Waals surface area contributed by atoms with E-state index in [1.807, 2.05) is 18.3 Å². The van der Waals surface area contributed by atoms with Crippen LogP contribution in [0, 0.1) is 0 Å². The average molecular weight is 272 g/mol. The first-order valence-corrected chi connectivity index (χ1v) is 7.14. The van der Waals surface area contributed by atoms with Crippen molar-refractivity contribution in [3.05, 3.63) is 41.8 Å². The highest BCUT2D eigenvalue weighted by Crippen LogP contribution is 2.29. The van der Waals surface area contributed by atoms with Crippen molar-refractivity contribution >= 4 is 0 Å². The zero-order valence-electron chi connectivity index (χ0n) is 12.0. The summed E-state index contributed by atoms with van der Waals surface area (Å²) in [5, 5.41) is 4.10. The quantitative estimate of drug-likeness (QED) is 0.857. The smallest absolute Gasteiger partial charge is 0.229 e. The minimum atomic E-state index is 0.399. The molecule has 106 valence electrons. The van der Waals surface area contributed by atoms with Crippen molar-refractivity contribution in [1.82, 2.24) is 20.0 Å². The lowest BCUT2D eigenvalue weighted by molar-refractivity contribution is 0.166. The van der Waals surface area contributed by atoms with E-state index < -0.39 is 0 Å². The van der Waals surface area contributed by atoms with Gasteiger partial charge in [0.15, 0.2) is 5.82 Å². The monoisotopic (exact) mass is 272 g/mol. The fourth-order valence-electron chi connectivity index (χ4n) is 2.70. The van der Waals surface area contributed by atoms with Crippen molar-refractivity contribution in [2.75, 3.05) is 13.6 Å². The molecular formula is C15H20N4O. The maximum atomic E-state index is 5.46. The van der Waals surface area contributed by atoms with Crippen molar-refractivity contribution in [2.45, 2.75) is 38.1 Å². The van der Waals surface area contributed by atoms with Crippen LogP contribution in [0.15, 0.2) is 29.0 Å². The normalized spacial score (nSPS) is 23.9. The third kappa shape index (κ3) is 2.88. The van der Waals surface area contributed by atoms with Gasteiger partial charge in [-0.1, -0.05) is 11.2 Å². The summed E-state index contributed by atoms with van der Waals surface area (Å²) in [7, 11) is 2.17. The second-order valence-electron chi connectivity index (χ2n) is 5.64. The Kier molecular flexibility index (Phi) is 3.78. The Hall–Kier alpha value is -1.75. The average Bonchev–Trinajstić information content (AvgIpc) is 2.91. The number of aromatic nitrogens is 3. The van der Waals surface area contributed by atoms with Gasteiger partial charge in [0.05, 0.1) is 0 Å². The molecule has 20 heavy (non-hydrogen) atoms. The van der Waals surface area contributed by atoms with Crippen LogP contribution >= 0.6 is 0 Å². The summed E-state index contributed by atoms with van der Waals surface area (Å²) in [6.45, 7) is 3.34. The van der Waals surface area contributed by atoms with Gasteiger partial charge >= 0.3 is 0 Å². The summed E-state index contributed by atoms with van der Waals surface area (Å²) < 4.78 is 5.46. The highest BCUT2D eigenvalue weighted by molar-refractivity contribution is 5.14. The lowest BCUT2D eigenvalue weighted by atomic mass is 9.92. The molecule has 2 atom stereocenters. The molecular weight excluding hydrogens is 252 g/mol. The fourth-order valence-corrected chi connectivity index (χ4v) is 2.70. The number of piperidine rings is 1. The van der Waals surface area contributed by atoms with Gasteiger partial charge in [-0.2, -0.15) is 4.98 Å². The van der Waals surface area contributed by atoms with Gasteiger partial charge in [-0.15, -0.1) is 0 Å². The van der Waals surface area contributed by atoms with Gasteiger partial charge in [0.25, 0.3) is 0 Å². The molecule has 1 aliphatic rings. The van der Waals surface area contributed by atoms with E-state index in [0.29, 0.717) is 18.4 Å². The number of rotatable bonds is 3. The topological polar surface area (TPSA) is 55.1 Å². The molecule has 0 bridgehead atoms. The molecule has 1 saturated heterocycles. The SMILES string of the molecule is C[C@H]1C[C@@H](c2nc(Cc3cccnc3)no2)CCN1C. The van der Waals surface area contributed by atoms with Crippen molar-refractivity contribution < 1.29 is 4.52 Å². The zero-order chi connectivity index (χ0) is 13.9. The van der Waals surface area contributed by atoms with Gasteiger partial charge < -0.3 is 9.42 Å².